The number of aliphatic hydroxyl groups excluding tert-OH is 3. The van der Waals surface area contributed by atoms with E-state index in [-0.39, 0.29) is 19.1 Å². The number of carbonyl (C=O) groups excluding carboxylic acids is 1. The van der Waals surface area contributed by atoms with Crippen molar-refractivity contribution in [1.82, 2.24) is 5.32 Å². The molecule has 0 aliphatic heterocycles. The van der Waals surface area contributed by atoms with E-state index >= 15 is 0 Å². The minimum atomic E-state index is -0.950. The van der Waals surface area contributed by atoms with Crippen LogP contribution in [-0.2, 0) is 4.79 Å². The molecule has 3 unspecified atom stereocenters. The second-order valence-electron chi connectivity index (χ2n) is 12.5. The first-order valence-electron chi connectivity index (χ1n) is 17.8. The van der Waals surface area contributed by atoms with Crippen LogP contribution in [0.3, 0.4) is 0 Å². The number of hydrogen-bond acceptors (Lipinski definition) is 4. The van der Waals surface area contributed by atoms with E-state index in [2.05, 4.69) is 19.2 Å². The van der Waals surface area contributed by atoms with Crippen molar-refractivity contribution in [3.8, 4) is 0 Å². The van der Waals surface area contributed by atoms with Crippen LogP contribution in [0.25, 0.3) is 0 Å². The maximum absolute atomic E-state index is 12.8. The number of nitrogens with one attached hydrogen (secondary N) is 1. The summed E-state index contributed by atoms with van der Waals surface area (Å²) >= 11 is 0. The van der Waals surface area contributed by atoms with Crippen LogP contribution in [0, 0.1) is 5.92 Å². The molecule has 4 N–H and O–H groups in total. The van der Waals surface area contributed by atoms with Crippen LogP contribution in [0.4, 0.5) is 0 Å². The molecule has 0 rings (SSSR count). The van der Waals surface area contributed by atoms with E-state index in [1.807, 2.05) is 0 Å². The summed E-state index contributed by atoms with van der Waals surface area (Å²) in [4.78, 5) is 12.8. The molecule has 0 bridgehead atoms. The van der Waals surface area contributed by atoms with Crippen molar-refractivity contribution in [3.63, 3.8) is 0 Å². The van der Waals surface area contributed by atoms with Gasteiger partial charge in [0.25, 0.3) is 0 Å². The number of hydrogen-bond donors (Lipinski definition) is 4. The van der Waals surface area contributed by atoms with Crippen molar-refractivity contribution in [2.24, 2.45) is 5.92 Å². The maximum Gasteiger partial charge on any atom is 0.225 e. The number of amides is 1. The number of carbonyl (C=O) groups is 1. The van der Waals surface area contributed by atoms with Crippen LogP contribution in [0.5, 0.6) is 0 Å². The molecule has 0 aromatic heterocycles. The van der Waals surface area contributed by atoms with Crippen molar-refractivity contribution in [2.75, 3.05) is 13.2 Å². The molecule has 5 heteroatoms. The fraction of sp³-hybridized carbons (Fsp3) is 0.971. The van der Waals surface area contributed by atoms with Crippen molar-refractivity contribution in [2.45, 2.75) is 199 Å². The van der Waals surface area contributed by atoms with Crippen LogP contribution in [0.1, 0.15) is 187 Å². The highest BCUT2D eigenvalue weighted by Gasteiger charge is 2.26. The van der Waals surface area contributed by atoms with E-state index in [0.717, 1.165) is 25.7 Å². The average molecular weight is 570 g/mol. The van der Waals surface area contributed by atoms with Crippen LogP contribution >= 0.6 is 0 Å². The zero-order valence-corrected chi connectivity index (χ0v) is 27.0. The molecule has 5 nitrogen and oxygen atoms in total. The normalized spacial score (nSPS) is 13.8. The van der Waals surface area contributed by atoms with E-state index in [1.165, 1.54) is 135 Å². The Kier molecular flexibility index (Phi) is 30.8. The van der Waals surface area contributed by atoms with Crippen molar-refractivity contribution < 1.29 is 20.1 Å². The quantitative estimate of drug-likeness (QED) is 0.0608. The number of aliphatic hydroxyl groups is 3. The maximum atomic E-state index is 12.8. The minimum Gasteiger partial charge on any atom is -0.394 e. The van der Waals surface area contributed by atoms with Gasteiger partial charge >= 0.3 is 0 Å². The van der Waals surface area contributed by atoms with Gasteiger partial charge in [-0.15, -0.1) is 0 Å². The summed E-state index contributed by atoms with van der Waals surface area (Å²) in [6.45, 7) is 4.20. The van der Waals surface area contributed by atoms with Gasteiger partial charge in [-0.25, -0.2) is 0 Å². The minimum absolute atomic E-state index is 0.0374. The third kappa shape index (κ3) is 26.3. The van der Waals surface area contributed by atoms with Gasteiger partial charge in [-0.3, -0.25) is 4.79 Å². The van der Waals surface area contributed by atoms with E-state index in [4.69, 9.17) is 5.11 Å². The predicted molar refractivity (Wildman–Crippen MR) is 172 cm³/mol. The van der Waals surface area contributed by atoms with Gasteiger partial charge in [0.1, 0.15) is 0 Å². The van der Waals surface area contributed by atoms with Crippen LogP contribution in [0.15, 0.2) is 0 Å². The third-order valence-electron chi connectivity index (χ3n) is 8.50. The predicted octanol–water partition coefficient (Wildman–Crippen LogP) is 9.01. The van der Waals surface area contributed by atoms with E-state index in [9.17, 15) is 15.0 Å². The summed E-state index contributed by atoms with van der Waals surface area (Å²) in [6.07, 6.45) is 32.0. The number of unbranched alkanes of at least 4 members (excludes halogenated alkanes) is 23. The highest BCUT2D eigenvalue weighted by atomic mass is 16.3. The van der Waals surface area contributed by atoms with Gasteiger partial charge in [-0.2, -0.15) is 0 Å². The van der Waals surface area contributed by atoms with Crippen molar-refractivity contribution in [1.29, 1.82) is 0 Å². The molecule has 0 aromatic carbocycles. The van der Waals surface area contributed by atoms with Crippen molar-refractivity contribution in [3.05, 3.63) is 0 Å². The Hall–Kier alpha value is -0.650. The molecule has 0 fully saturated rings. The molecule has 0 heterocycles. The van der Waals surface area contributed by atoms with Gasteiger partial charge < -0.3 is 20.6 Å². The lowest BCUT2D eigenvalue weighted by Gasteiger charge is -2.23. The topological polar surface area (TPSA) is 89.8 Å². The van der Waals surface area contributed by atoms with Gasteiger partial charge in [0, 0.05) is 6.54 Å². The van der Waals surface area contributed by atoms with Crippen molar-refractivity contribution >= 4 is 5.91 Å². The lowest BCUT2D eigenvalue weighted by Crippen LogP contribution is -2.41. The molecule has 1 amide bonds. The van der Waals surface area contributed by atoms with Gasteiger partial charge in [-0.1, -0.05) is 174 Å². The Balaban J connectivity index is 4.06. The Morgan fingerprint density at radius 1 is 0.525 bits per heavy atom. The smallest absolute Gasteiger partial charge is 0.225 e. The van der Waals surface area contributed by atoms with Crippen LogP contribution in [-0.4, -0.2) is 46.6 Å². The zero-order chi connectivity index (χ0) is 29.5. The molecule has 0 aliphatic rings. The summed E-state index contributed by atoms with van der Waals surface area (Å²) in [5.41, 5.74) is 0. The Morgan fingerprint density at radius 2 is 0.850 bits per heavy atom. The molecule has 0 saturated heterocycles. The molecule has 240 valence electrons. The number of rotatable bonds is 32. The van der Waals surface area contributed by atoms with E-state index in [1.54, 1.807) is 0 Å². The first kappa shape index (κ1) is 39.4. The average Bonchev–Trinajstić information content (AvgIpc) is 2.96. The standard InChI is InChI=1S/C35H71NO4/c1-3-5-7-9-11-13-15-17-19-21-23-25-27-29-34(39)33(35(40)36-30-32(38)31-37)28-26-24-22-20-18-16-14-12-10-8-6-4-2/h32-34,37-39H,3-31H2,1-2H3,(H,36,40). The summed E-state index contributed by atoms with van der Waals surface area (Å²) in [5, 5.41) is 32.3. The summed E-state index contributed by atoms with van der Waals surface area (Å²) in [6, 6.07) is 0. The lowest BCUT2D eigenvalue weighted by molar-refractivity contribution is -0.129. The lowest BCUT2D eigenvalue weighted by atomic mass is 9.90. The molecule has 0 radical (unpaired) electrons. The fourth-order valence-electron chi connectivity index (χ4n) is 5.69. The highest BCUT2D eigenvalue weighted by molar-refractivity contribution is 5.79. The van der Waals surface area contributed by atoms with Gasteiger partial charge in [0.15, 0.2) is 0 Å². The molecule has 0 aromatic rings. The molecule has 40 heavy (non-hydrogen) atoms. The molecular weight excluding hydrogens is 498 g/mol. The van der Waals surface area contributed by atoms with E-state index in [0.29, 0.717) is 12.8 Å². The van der Waals surface area contributed by atoms with Gasteiger partial charge in [-0.05, 0) is 12.8 Å². The first-order valence-corrected chi connectivity index (χ1v) is 17.8. The Morgan fingerprint density at radius 3 is 1.20 bits per heavy atom. The third-order valence-corrected chi connectivity index (χ3v) is 8.50. The SMILES string of the molecule is CCCCCCCCCCCCCCCC(O)C(CCCCCCCCCCCCCC)C(=O)NCC(O)CO. The highest BCUT2D eigenvalue weighted by Crippen LogP contribution is 2.21. The van der Waals surface area contributed by atoms with Crippen LogP contribution in [0.2, 0.25) is 0 Å². The Labute approximate surface area is 249 Å². The fourth-order valence-corrected chi connectivity index (χ4v) is 5.69. The molecule has 3 atom stereocenters. The molecule has 0 saturated carbocycles. The summed E-state index contributed by atoms with van der Waals surface area (Å²) < 4.78 is 0. The largest absolute Gasteiger partial charge is 0.394 e. The molecular formula is C35H71NO4. The molecule has 0 aliphatic carbocycles. The van der Waals surface area contributed by atoms with Gasteiger partial charge in [0.05, 0.1) is 24.7 Å². The zero-order valence-electron chi connectivity index (χ0n) is 27.0. The second-order valence-corrected chi connectivity index (χ2v) is 12.5. The van der Waals surface area contributed by atoms with E-state index < -0.39 is 18.1 Å². The first-order chi connectivity index (χ1) is 19.6. The molecule has 0 spiro atoms. The monoisotopic (exact) mass is 570 g/mol. The van der Waals surface area contributed by atoms with Crippen LogP contribution < -0.4 is 5.32 Å². The summed E-state index contributed by atoms with van der Waals surface area (Å²) in [5.74, 6) is -0.607. The Bertz CT molecular complexity index is 516. The van der Waals surface area contributed by atoms with Gasteiger partial charge in [0.2, 0.25) is 5.91 Å². The second kappa shape index (κ2) is 31.3. The summed E-state index contributed by atoms with van der Waals surface area (Å²) in [7, 11) is 0.